The first kappa shape index (κ1) is 12.3. The Balaban J connectivity index is 2.39. The Labute approximate surface area is 98.2 Å². The van der Waals surface area contributed by atoms with Crippen LogP contribution in [0.3, 0.4) is 0 Å². The lowest BCUT2D eigenvalue weighted by atomic mass is 10.2. The van der Waals surface area contributed by atoms with Gasteiger partial charge in [-0.05, 0) is 25.5 Å². The number of benzene rings is 1. The Morgan fingerprint density at radius 2 is 1.94 bits per heavy atom. The summed E-state index contributed by atoms with van der Waals surface area (Å²) in [5.41, 5.74) is 3.44. The molecule has 0 aromatic heterocycles. The van der Waals surface area contributed by atoms with Gasteiger partial charge in [-0.1, -0.05) is 54.6 Å². The van der Waals surface area contributed by atoms with Crippen LogP contribution in [-0.2, 0) is 6.54 Å². The van der Waals surface area contributed by atoms with E-state index in [9.17, 15) is 0 Å². The number of hydrogen-bond donors (Lipinski definition) is 1. The van der Waals surface area contributed by atoms with Crippen molar-refractivity contribution in [2.24, 2.45) is 0 Å². The molecular weight excluding hydrogens is 194 g/mol. The molecule has 1 nitrogen and oxygen atoms in total. The molecule has 0 unspecified atom stereocenters. The second-order valence-electron chi connectivity index (χ2n) is 3.73. The molecular formula is C15H19N. The summed E-state index contributed by atoms with van der Waals surface area (Å²) in [5, 5.41) is 3.27. The highest BCUT2D eigenvalue weighted by molar-refractivity contribution is 5.24. The Morgan fingerprint density at radius 1 is 1.25 bits per heavy atom. The highest BCUT2D eigenvalue weighted by Gasteiger charge is 1.90. The normalized spacial score (nSPS) is 11.8. The molecule has 0 aliphatic heterocycles. The highest BCUT2D eigenvalue weighted by atomic mass is 14.9. The molecule has 0 spiro atoms. The van der Waals surface area contributed by atoms with Crippen molar-refractivity contribution >= 4 is 0 Å². The molecule has 0 aliphatic carbocycles. The van der Waals surface area contributed by atoms with E-state index >= 15 is 0 Å². The highest BCUT2D eigenvalue weighted by Crippen LogP contribution is 2.01. The molecule has 1 aromatic carbocycles. The molecule has 0 fully saturated rings. The Hall–Kier alpha value is -1.76. The van der Waals surface area contributed by atoms with E-state index in [1.54, 1.807) is 0 Å². The van der Waals surface area contributed by atoms with Gasteiger partial charge < -0.3 is 5.32 Å². The second kappa shape index (κ2) is 6.67. The predicted octanol–water partition coefficient (Wildman–Crippen LogP) is 3.81. The number of nitrogens with one attached hydrogen (secondary N) is 1. The first-order valence-electron chi connectivity index (χ1n) is 5.50. The molecule has 0 bridgehead atoms. The van der Waals surface area contributed by atoms with Gasteiger partial charge in [0.1, 0.15) is 0 Å². The van der Waals surface area contributed by atoms with Crippen LogP contribution < -0.4 is 5.32 Å². The number of hydrogen-bond acceptors (Lipinski definition) is 1. The van der Waals surface area contributed by atoms with Crippen LogP contribution in [0.25, 0.3) is 0 Å². The van der Waals surface area contributed by atoms with Crippen molar-refractivity contribution in [3.8, 4) is 0 Å². The van der Waals surface area contributed by atoms with Crippen molar-refractivity contribution in [3.05, 3.63) is 72.0 Å². The topological polar surface area (TPSA) is 12.0 Å². The molecule has 84 valence electrons. The monoisotopic (exact) mass is 213 g/mol. The van der Waals surface area contributed by atoms with Crippen molar-refractivity contribution in [1.29, 1.82) is 0 Å². The van der Waals surface area contributed by atoms with Crippen molar-refractivity contribution < 1.29 is 0 Å². The summed E-state index contributed by atoms with van der Waals surface area (Å²) in [7, 11) is 0. The van der Waals surface area contributed by atoms with Crippen LogP contribution in [0.15, 0.2) is 66.4 Å². The Kier molecular flexibility index (Phi) is 5.13. The smallest absolute Gasteiger partial charge is 0.0400 e. The molecule has 0 aliphatic rings. The van der Waals surface area contributed by atoms with Crippen molar-refractivity contribution in [2.45, 2.75) is 20.4 Å². The van der Waals surface area contributed by atoms with E-state index in [-0.39, 0.29) is 0 Å². The zero-order chi connectivity index (χ0) is 11.8. The third kappa shape index (κ3) is 4.65. The van der Waals surface area contributed by atoms with Gasteiger partial charge in [0.05, 0.1) is 0 Å². The summed E-state index contributed by atoms with van der Waals surface area (Å²) >= 11 is 0. The fourth-order valence-electron chi connectivity index (χ4n) is 1.20. The molecule has 16 heavy (non-hydrogen) atoms. The Bertz CT molecular complexity index is 385. The van der Waals surface area contributed by atoms with Crippen LogP contribution in [0.2, 0.25) is 0 Å². The summed E-state index contributed by atoms with van der Waals surface area (Å²) in [6.07, 6.45) is 6.12. The minimum Gasteiger partial charge on any atom is -0.381 e. The van der Waals surface area contributed by atoms with E-state index in [1.165, 1.54) is 11.1 Å². The van der Waals surface area contributed by atoms with E-state index in [0.29, 0.717) is 0 Å². The SMILES string of the molecule is C=C(/C=C\C(C)=C/C)NCc1ccccc1. The first-order chi connectivity index (χ1) is 7.72. The minimum atomic E-state index is 0.818. The summed E-state index contributed by atoms with van der Waals surface area (Å²) in [5.74, 6) is 0. The molecule has 0 amide bonds. The van der Waals surface area contributed by atoms with Gasteiger partial charge in [0.15, 0.2) is 0 Å². The molecule has 1 N–H and O–H groups in total. The van der Waals surface area contributed by atoms with Gasteiger partial charge in [-0.25, -0.2) is 0 Å². The summed E-state index contributed by atoms with van der Waals surface area (Å²) in [6.45, 7) is 8.87. The van der Waals surface area contributed by atoms with Gasteiger partial charge >= 0.3 is 0 Å². The fraction of sp³-hybridized carbons (Fsp3) is 0.200. The van der Waals surface area contributed by atoms with Gasteiger partial charge in [-0.3, -0.25) is 0 Å². The molecule has 1 heteroatoms. The van der Waals surface area contributed by atoms with Crippen LogP contribution >= 0.6 is 0 Å². The maximum Gasteiger partial charge on any atom is 0.0400 e. The zero-order valence-electron chi connectivity index (χ0n) is 10.0. The summed E-state index contributed by atoms with van der Waals surface area (Å²) < 4.78 is 0. The number of allylic oxidation sites excluding steroid dienone is 4. The lowest BCUT2D eigenvalue weighted by molar-refractivity contribution is 0.837. The Morgan fingerprint density at radius 3 is 2.56 bits per heavy atom. The van der Waals surface area contributed by atoms with E-state index in [4.69, 9.17) is 0 Å². The molecule has 0 saturated carbocycles. The average molecular weight is 213 g/mol. The lowest BCUT2D eigenvalue weighted by Crippen LogP contribution is -2.09. The third-order valence-corrected chi connectivity index (χ3v) is 2.37. The van der Waals surface area contributed by atoms with Gasteiger partial charge in [0.25, 0.3) is 0 Å². The quantitative estimate of drug-likeness (QED) is 0.733. The molecule has 0 heterocycles. The van der Waals surface area contributed by atoms with E-state index in [1.807, 2.05) is 31.2 Å². The first-order valence-corrected chi connectivity index (χ1v) is 5.50. The van der Waals surface area contributed by atoms with Crippen LogP contribution in [0.5, 0.6) is 0 Å². The predicted molar refractivity (Wildman–Crippen MR) is 71.0 cm³/mol. The van der Waals surface area contributed by atoms with Crippen molar-refractivity contribution in [3.63, 3.8) is 0 Å². The van der Waals surface area contributed by atoms with Crippen LogP contribution in [0.1, 0.15) is 19.4 Å². The average Bonchev–Trinajstić information content (AvgIpc) is 2.34. The van der Waals surface area contributed by atoms with Crippen LogP contribution in [0, 0.1) is 0 Å². The van der Waals surface area contributed by atoms with E-state index in [0.717, 1.165) is 12.2 Å². The molecule has 0 saturated heterocycles. The van der Waals surface area contributed by atoms with E-state index in [2.05, 4.69) is 43.1 Å². The zero-order valence-corrected chi connectivity index (χ0v) is 10.0. The minimum absolute atomic E-state index is 0.818. The summed E-state index contributed by atoms with van der Waals surface area (Å²) in [4.78, 5) is 0. The second-order valence-corrected chi connectivity index (χ2v) is 3.73. The van der Waals surface area contributed by atoms with Gasteiger partial charge in [0.2, 0.25) is 0 Å². The fourth-order valence-corrected chi connectivity index (χ4v) is 1.20. The lowest BCUT2D eigenvalue weighted by Gasteiger charge is -2.05. The van der Waals surface area contributed by atoms with Gasteiger partial charge in [-0.15, -0.1) is 0 Å². The summed E-state index contributed by atoms with van der Waals surface area (Å²) in [6, 6.07) is 10.3. The van der Waals surface area contributed by atoms with Crippen LogP contribution in [0.4, 0.5) is 0 Å². The standard InChI is InChI=1S/C15H19N/c1-4-13(2)10-11-14(3)16-12-15-8-6-5-7-9-15/h4-11,16H,3,12H2,1-2H3/b11-10-,13-4-. The van der Waals surface area contributed by atoms with Crippen LogP contribution in [-0.4, -0.2) is 0 Å². The maximum atomic E-state index is 3.95. The largest absolute Gasteiger partial charge is 0.381 e. The van der Waals surface area contributed by atoms with Gasteiger partial charge in [-0.2, -0.15) is 0 Å². The van der Waals surface area contributed by atoms with Crippen molar-refractivity contribution in [1.82, 2.24) is 5.32 Å². The molecule has 0 atom stereocenters. The van der Waals surface area contributed by atoms with Gasteiger partial charge in [0, 0.05) is 12.2 Å². The third-order valence-electron chi connectivity index (χ3n) is 2.37. The maximum absolute atomic E-state index is 3.95. The molecule has 1 rings (SSSR count). The molecule has 0 radical (unpaired) electrons. The van der Waals surface area contributed by atoms with E-state index < -0.39 is 0 Å². The number of rotatable bonds is 5. The molecule has 1 aromatic rings. The van der Waals surface area contributed by atoms with Crippen molar-refractivity contribution in [2.75, 3.05) is 0 Å².